The van der Waals surface area contributed by atoms with Gasteiger partial charge in [0.2, 0.25) is 5.91 Å². The minimum atomic E-state index is -0.291. The molecule has 0 fully saturated rings. The summed E-state index contributed by atoms with van der Waals surface area (Å²) in [5.74, 6) is 0.895. The van der Waals surface area contributed by atoms with Crippen LogP contribution in [0.25, 0.3) is 0 Å². The van der Waals surface area contributed by atoms with E-state index in [1.165, 1.54) is 0 Å². The van der Waals surface area contributed by atoms with Gasteiger partial charge in [-0.05, 0) is 39.3 Å². The van der Waals surface area contributed by atoms with Crippen LogP contribution in [0.15, 0.2) is 36.4 Å². The quantitative estimate of drug-likeness (QED) is 0.707. The van der Waals surface area contributed by atoms with Gasteiger partial charge in [0.05, 0.1) is 6.61 Å². The molecule has 0 aliphatic heterocycles. The van der Waals surface area contributed by atoms with E-state index in [4.69, 9.17) is 4.74 Å². The molecule has 0 saturated carbocycles. The summed E-state index contributed by atoms with van der Waals surface area (Å²) in [6.45, 7) is 13.7. The van der Waals surface area contributed by atoms with E-state index in [1.54, 1.807) is 4.90 Å². The molecule has 0 radical (unpaired) electrons. The number of benzene rings is 1. The summed E-state index contributed by atoms with van der Waals surface area (Å²) in [4.78, 5) is 14.3. The second kappa shape index (κ2) is 9.13. The Morgan fingerprint density at radius 3 is 2.73 bits per heavy atom. The van der Waals surface area contributed by atoms with E-state index in [0.29, 0.717) is 19.7 Å². The first-order chi connectivity index (χ1) is 10.5. The molecule has 0 aliphatic carbocycles. The fourth-order valence-electron chi connectivity index (χ4n) is 2.15. The molecule has 122 valence electrons. The molecule has 0 bridgehead atoms. The minimum Gasteiger partial charge on any atom is -0.494 e. The van der Waals surface area contributed by atoms with Gasteiger partial charge in [-0.15, -0.1) is 0 Å². The van der Waals surface area contributed by atoms with Crippen LogP contribution in [0.4, 0.5) is 5.69 Å². The molecule has 1 aromatic rings. The molecule has 0 heterocycles. The highest BCUT2D eigenvalue weighted by Crippen LogP contribution is 2.18. The normalized spacial score (nSPS) is 11.6. The molecule has 0 aromatic heterocycles. The molecule has 1 unspecified atom stereocenters. The third-order valence-electron chi connectivity index (χ3n) is 3.21. The first kappa shape index (κ1) is 18.1. The van der Waals surface area contributed by atoms with Crippen LogP contribution in [0, 0.1) is 0 Å². The highest BCUT2D eigenvalue weighted by molar-refractivity contribution is 5.84. The van der Waals surface area contributed by atoms with Crippen molar-refractivity contribution in [3.63, 3.8) is 0 Å². The molecule has 0 aliphatic rings. The predicted octanol–water partition coefficient (Wildman–Crippen LogP) is 3.70. The number of hydrogen-bond donors (Lipinski definition) is 1. The van der Waals surface area contributed by atoms with Gasteiger partial charge in [0.25, 0.3) is 0 Å². The van der Waals surface area contributed by atoms with Crippen molar-refractivity contribution in [3.05, 3.63) is 36.4 Å². The molecule has 1 atom stereocenters. The molecule has 1 amide bonds. The maximum absolute atomic E-state index is 12.5. The standard InChI is InChI=1S/C18H28N2O2/c1-6-11-22-17-10-8-9-16(12-17)19-15(5)18(21)20(7-2)13-14(3)4/h8-10,12,15,19H,3,6-7,11,13H2,1-2,4-5H3. The second-order valence-electron chi connectivity index (χ2n) is 5.55. The first-order valence-corrected chi connectivity index (χ1v) is 7.90. The lowest BCUT2D eigenvalue weighted by molar-refractivity contribution is -0.131. The van der Waals surface area contributed by atoms with Crippen molar-refractivity contribution in [1.82, 2.24) is 4.90 Å². The van der Waals surface area contributed by atoms with Gasteiger partial charge in [0.15, 0.2) is 0 Å². The zero-order chi connectivity index (χ0) is 16.5. The van der Waals surface area contributed by atoms with E-state index in [-0.39, 0.29) is 11.9 Å². The Labute approximate surface area is 134 Å². The van der Waals surface area contributed by atoms with Crippen molar-refractivity contribution in [2.45, 2.75) is 40.2 Å². The van der Waals surface area contributed by atoms with Crippen molar-refractivity contribution in [3.8, 4) is 5.75 Å². The molecule has 1 N–H and O–H groups in total. The van der Waals surface area contributed by atoms with Gasteiger partial charge in [-0.3, -0.25) is 4.79 Å². The summed E-state index contributed by atoms with van der Waals surface area (Å²) in [6.07, 6.45) is 0.971. The van der Waals surface area contributed by atoms with Crippen LogP contribution in [-0.2, 0) is 4.79 Å². The number of amides is 1. The van der Waals surface area contributed by atoms with E-state index >= 15 is 0 Å². The van der Waals surface area contributed by atoms with Crippen LogP contribution < -0.4 is 10.1 Å². The van der Waals surface area contributed by atoms with Crippen LogP contribution in [0.3, 0.4) is 0 Å². The summed E-state index contributed by atoms with van der Waals surface area (Å²) in [5, 5.41) is 3.25. The summed E-state index contributed by atoms with van der Waals surface area (Å²) in [7, 11) is 0. The largest absolute Gasteiger partial charge is 0.494 e. The number of rotatable bonds is 9. The van der Waals surface area contributed by atoms with Gasteiger partial charge >= 0.3 is 0 Å². The number of carbonyl (C=O) groups is 1. The number of nitrogens with one attached hydrogen (secondary N) is 1. The molecule has 4 nitrogen and oxygen atoms in total. The third kappa shape index (κ3) is 5.80. The maximum Gasteiger partial charge on any atom is 0.245 e. The van der Waals surface area contributed by atoms with E-state index < -0.39 is 0 Å². The molecule has 1 rings (SSSR count). The second-order valence-corrected chi connectivity index (χ2v) is 5.55. The smallest absolute Gasteiger partial charge is 0.245 e. The molecule has 4 heteroatoms. The third-order valence-corrected chi connectivity index (χ3v) is 3.21. The number of ether oxygens (including phenoxy) is 1. The number of likely N-dealkylation sites (N-methyl/N-ethyl adjacent to an activating group) is 1. The zero-order valence-electron chi connectivity index (χ0n) is 14.2. The summed E-state index contributed by atoms with van der Waals surface area (Å²) in [5.41, 5.74) is 1.87. The molecular formula is C18H28N2O2. The van der Waals surface area contributed by atoms with Crippen LogP contribution in [0.2, 0.25) is 0 Å². The van der Waals surface area contributed by atoms with Gasteiger partial charge in [-0.1, -0.05) is 25.1 Å². The Kier molecular flexibility index (Phi) is 7.50. The van der Waals surface area contributed by atoms with E-state index in [0.717, 1.165) is 23.4 Å². The Hall–Kier alpha value is -1.97. The fourth-order valence-corrected chi connectivity index (χ4v) is 2.15. The van der Waals surface area contributed by atoms with Crippen molar-refractivity contribution >= 4 is 11.6 Å². The molecule has 0 saturated heterocycles. The van der Waals surface area contributed by atoms with Crippen LogP contribution in [-0.4, -0.2) is 36.5 Å². The average Bonchev–Trinajstić information content (AvgIpc) is 2.50. The van der Waals surface area contributed by atoms with Crippen LogP contribution in [0.1, 0.15) is 34.1 Å². The zero-order valence-corrected chi connectivity index (χ0v) is 14.2. The summed E-state index contributed by atoms with van der Waals surface area (Å²) >= 11 is 0. The van der Waals surface area contributed by atoms with Gasteiger partial charge in [0, 0.05) is 24.8 Å². The van der Waals surface area contributed by atoms with Crippen LogP contribution in [0.5, 0.6) is 5.75 Å². The fraction of sp³-hybridized carbons (Fsp3) is 0.500. The van der Waals surface area contributed by atoms with E-state index in [9.17, 15) is 4.79 Å². The van der Waals surface area contributed by atoms with Gasteiger partial charge in [0.1, 0.15) is 11.8 Å². The minimum absolute atomic E-state index is 0.0744. The average molecular weight is 304 g/mol. The van der Waals surface area contributed by atoms with E-state index in [1.807, 2.05) is 45.0 Å². The molecule has 22 heavy (non-hydrogen) atoms. The lowest BCUT2D eigenvalue weighted by Crippen LogP contribution is -2.42. The Bertz CT molecular complexity index is 500. The van der Waals surface area contributed by atoms with Gasteiger partial charge in [-0.2, -0.15) is 0 Å². The van der Waals surface area contributed by atoms with Gasteiger partial charge < -0.3 is 15.0 Å². The van der Waals surface area contributed by atoms with Crippen molar-refractivity contribution in [2.24, 2.45) is 0 Å². The molecular weight excluding hydrogens is 276 g/mol. The molecule has 0 spiro atoms. The number of nitrogens with zero attached hydrogens (tertiary/aromatic N) is 1. The maximum atomic E-state index is 12.5. The summed E-state index contributed by atoms with van der Waals surface area (Å²) < 4.78 is 5.61. The Morgan fingerprint density at radius 2 is 2.14 bits per heavy atom. The SMILES string of the molecule is C=C(C)CN(CC)C(=O)C(C)Nc1cccc(OCCC)c1. The summed E-state index contributed by atoms with van der Waals surface area (Å²) in [6, 6.07) is 7.43. The van der Waals surface area contributed by atoms with Crippen molar-refractivity contribution in [2.75, 3.05) is 25.0 Å². The van der Waals surface area contributed by atoms with E-state index in [2.05, 4.69) is 18.8 Å². The predicted molar refractivity (Wildman–Crippen MR) is 92.4 cm³/mol. The number of carbonyl (C=O) groups excluding carboxylic acids is 1. The highest BCUT2D eigenvalue weighted by atomic mass is 16.5. The van der Waals surface area contributed by atoms with Gasteiger partial charge in [-0.25, -0.2) is 0 Å². The van der Waals surface area contributed by atoms with Crippen LogP contribution >= 0.6 is 0 Å². The lowest BCUT2D eigenvalue weighted by Gasteiger charge is -2.25. The van der Waals surface area contributed by atoms with Crippen molar-refractivity contribution < 1.29 is 9.53 Å². The topological polar surface area (TPSA) is 41.6 Å². The molecule has 1 aromatic carbocycles. The number of anilines is 1. The van der Waals surface area contributed by atoms with Crippen molar-refractivity contribution in [1.29, 1.82) is 0 Å². The Morgan fingerprint density at radius 1 is 1.41 bits per heavy atom. The highest BCUT2D eigenvalue weighted by Gasteiger charge is 2.19. The first-order valence-electron chi connectivity index (χ1n) is 7.90. The Balaban J connectivity index is 2.68. The monoisotopic (exact) mass is 304 g/mol. The number of hydrogen-bond acceptors (Lipinski definition) is 3. The lowest BCUT2D eigenvalue weighted by atomic mass is 10.2.